The monoisotopic (exact) mass is 276 g/mol. The molecule has 0 aliphatic carbocycles. The Kier molecular flexibility index (Phi) is 4.09. The molecule has 0 aliphatic heterocycles. The summed E-state index contributed by atoms with van der Waals surface area (Å²) in [5.41, 5.74) is 6.28. The van der Waals surface area contributed by atoms with Crippen LogP contribution in [0.5, 0.6) is 11.5 Å². The Balaban J connectivity index is 2.15. The van der Waals surface area contributed by atoms with Crippen molar-refractivity contribution in [1.82, 2.24) is 9.97 Å². The van der Waals surface area contributed by atoms with E-state index in [9.17, 15) is 4.79 Å². The Labute approximate surface area is 115 Å². The molecular formula is C13H16N4O3. The lowest BCUT2D eigenvalue weighted by atomic mass is 10.2. The molecule has 0 saturated carbocycles. The fourth-order valence-electron chi connectivity index (χ4n) is 1.73. The number of nitrogen functional groups attached to an aromatic ring is 1. The molecule has 106 valence electrons. The van der Waals surface area contributed by atoms with E-state index in [2.05, 4.69) is 15.3 Å². The number of aromatic amines is 1. The number of nitrogens with zero attached hydrogens (tertiary/aromatic N) is 1. The van der Waals surface area contributed by atoms with Gasteiger partial charge in [-0.1, -0.05) is 6.07 Å². The number of hydrogen-bond donors (Lipinski definition) is 3. The molecule has 1 aromatic heterocycles. The number of methoxy groups -OCH3 is 2. The van der Waals surface area contributed by atoms with Gasteiger partial charge in [0.15, 0.2) is 17.3 Å². The Hall–Kier alpha value is -2.70. The third kappa shape index (κ3) is 2.82. The van der Waals surface area contributed by atoms with Crippen LogP contribution in [0.25, 0.3) is 0 Å². The summed E-state index contributed by atoms with van der Waals surface area (Å²) < 4.78 is 10.4. The van der Waals surface area contributed by atoms with Crippen molar-refractivity contribution in [2.24, 2.45) is 0 Å². The first-order valence-electron chi connectivity index (χ1n) is 5.93. The van der Waals surface area contributed by atoms with E-state index in [1.54, 1.807) is 14.2 Å². The fourth-order valence-corrected chi connectivity index (χ4v) is 1.73. The Morgan fingerprint density at radius 3 is 2.75 bits per heavy atom. The third-order valence-electron chi connectivity index (χ3n) is 2.80. The highest BCUT2D eigenvalue weighted by Crippen LogP contribution is 2.27. The van der Waals surface area contributed by atoms with E-state index < -0.39 is 0 Å². The highest BCUT2D eigenvalue weighted by Gasteiger charge is 2.07. The van der Waals surface area contributed by atoms with Crippen LogP contribution < -0.4 is 26.1 Å². The summed E-state index contributed by atoms with van der Waals surface area (Å²) in [4.78, 5) is 17.7. The lowest BCUT2D eigenvalue weighted by Crippen LogP contribution is -2.16. The predicted molar refractivity (Wildman–Crippen MR) is 76.1 cm³/mol. The quantitative estimate of drug-likeness (QED) is 0.752. The summed E-state index contributed by atoms with van der Waals surface area (Å²) in [6.45, 7) is 0.459. The van der Waals surface area contributed by atoms with E-state index in [0.29, 0.717) is 23.9 Å². The van der Waals surface area contributed by atoms with Gasteiger partial charge in [-0.25, -0.2) is 4.98 Å². The molecule has 1 heterocycles. The van der Waals surface area contributed by atoms with Crippen molar-refractivity contribution in [3.63, 3.8) is 0 Å². The minimum Gasteiger partial charge on any atom is -0.493 e. The van der Waals surface area contributed by atoms with Gasteiger partial charge in [-0.15, -0.1) is 0 Å². The summed E-state index contributed by atoms with van der Waals surface area (Å²) in [6, 6.07) is 5.54. The number of anilines is 2. The molecule has 1 aromatic carbocycles. The van der Waals surface area contributed by atoms with Gasteiger partial charge in [0.25, 0.3) is 5.56 Å². The Morgan fingerprint density at radius 2 is 2.05 bits per heavy atom. The van der Waals surface area contributed by atoms with Crippen LogP contribution in [0.2, 0.25) is 0 Å². The van der Waals surface area contributed by atoms with E-state index in [-0.39, 0.29) is 11.2 Å². The molecule has 0 aliphatic rings. The van der Waals surface area contributed by atoms with Gasteiger partial charge in [0, 0.05) is 6.54 Å². The second kappa shape index (κ2) is 5.96. The van der Waals surface area contributed by atoms with E-state index in [1.165, 1.54) is 6.33 Å². The van der Waals surface area contributed by atoms with Crippen LogP contribution in [0.4, 0.5) is 11.5 Å². The summed E-state index contributed by atoms with van der Waals surface area (Å²) in [5, 5.41) is 3.01. The van der Waals surface area contributed by atoms with Gasteiger partial charge in [0.2, 0.25) is 0 Å². The summed E-state index contributed by atoms with van der Waals surface area (Å²) in [7, 11) is 3.15. The summed E-state index contributed by atoms with van der Waals surface area (Å²) >= 11 is 0. The number of nitrogens with one attached hydrogen (secondary N) is 2. The number of nitrogens with two attached hydrogens (primary N) is 1. The average molecular weight is 276 g/mol. The second-order valence-corrected chi connectivity index (χ2v) is 4.04. The lowest BCUT2D eigenvalue weighted by Gasteiger charge is -2.11. The number of benzene rings is 1. The highest BCUT2D eigenvalue weighted by atomic mass is 16.5. The van der Waals surface area contributed by atoms with E-state index in [4.69, 9.17) is 15.2 Å². The molecule has 0 amide bonds. The van der Waals surface area contributed by atoms with E-state index >= 15 is 0 Å². The maximum absolute atomic E-state index is 11.3. The van der Waals surface area contributed by atoms with Crippen molar-refractivity contribution in [2.45, 2.75) is 6.54 Å². The van der Waals surface area contributed by atoms with Crippen molar-refractivity contribution >= 4 is 11.5 Å². The number of aromatic nitrogens is 2. The van der Waals surface area contributed by atoms with Crippen LogP contribution >= 0.6 is 0 Å². The van der Waals surface area contributed by atoms with Crippen molar-refractivity contribution in [2.75, 3.05) is 25.3 Å². The molecule has 20 heavy (non-hydrogen) atoms. The van der Waals surface area contributed by atoms with Crippen molar-refractivity contribution < 1.29 is 9.47 Å². The van der Waals surface area contributed by atoms with Gasteiger partial charge in [0.05, 0.1) is 20.5 Å². The molecule has 0 spiro atoms. The predicted octanol–water partition coefficient (Wildman–Crippen LogP) is 0.981. The van der Waals surface area contributed by atoms with Crippen LogP contribution in [0, 0.1) is 0 Å². The maximum Gasteiger partial charge on any atom is 0.276 e. The van der Waals surface area contributed by atoms with Crippen LogP contribution in [0.3, 0.4) is 0 Å². The minimum absolute atomic E-state index is 0.0629. The summed E-state index contributed by atoms with van der Waals surface area (Å²) in [6.07, 6.45) is 1.30. The second-order valence-electron chi connectivity index (χ2n) is 4.04. The molecule has 4 N–H and O–H groups in total. The van der Waals surface area contributed by atoms with Gasteiger partial charge in [-0.2, -0.15) is 0 Å². The Morgan fingerprint density at radius 1 is 1.30 bits per heavy atom. The van der Waals surface area contributed by atoms with Crippen LogP contribution in [-0.4, -0.2) is 24.2 Å². The van der Waals surface area contributed by atoms with Gasteiger partial charge < -0.3 is 25.5 Å². The molecule has 2 aromatic rings. The van der Waals surface area contributed by atoms with Crippen molar-refractivity contribution in [3.8, 4) is 11.5 Å². The number of H-pyrrole nitrogens is 1. The third-order valence-corrected chi connectivity index (χ3v) is 2.80. The topological polar surface area (TPSA) is 102 Å². The fraction of sp³-hybridized carbons (Fsp3) is 0.231. The maximum atomic E-state index is 11.3. The SMILES string of the molecule is COc1ccc(CNc2nc[nH]c(=O)c2N)cc1OC. The number of rotatable bonds is 5. The Bertz CT molecular complexity index is 654. The van der Waals surface area contributed by atoms with Gasteiger partial charge in [-0.05, 0) is 17.7 Å². The van der Waals surface area contributed by atoms with Crippen LogP contribution in [-0.2, 0) is 6.54 Å². The minimum atomic E-state index is -0.366. The molecule has 0 radical (unpaired) electrons. The molecular weight excluding hydrogens is 260 g/mol. The largest absolute Gasteiger partial charge is 0.493 e. The zero-order valence-electron chi connectivity index (χ0n) is 11.3. The number of hydrogen-bond acceptors (Lipinski definition) is 6. The molecule has 7 nitrogen and oxygen atoms in total. The first-order chi connectivity index (χ1) is 9.65. The van der Waals surface area contributed by atoms with Gasteiger partial charge >= 0.3 is 0 Å². The number of ether oxygens (including phenoxy) is 2. The molecule has 0 bridgehead atoms. The molecule has 0 unspecified atom stereocenters. The smallest absolute Gasteiger partial charge is 0.276 e. The molecule has 0 atom stereocenters. The zero-order chi connectivity index (χ0) is 14.5. The van der Waals surface area contributed by atoms with Crippen LogP contribution in [0.15, 0.2) is 29.3 Å². The normalized spacial score (nSPS) is 10.1. The first-order valence-corrected chi connectivity index (χ1v) is 5.93. The van der Waals surface area contributed by atoms with Gasteiger partial charge in [0.1, 0.15) is 5.69 Å². The molecule has 0 saturated heterocycles. The highest BCUT2D eigenvalue weighted by molar-refractivity contribution is 5.59. The van der Waals surface area contributed by atoms with Crippen molar-refractivity contribution in [3.05, 3.63) is 40.4 Å². The zero-order valence-corrected chi connectivity index (χ0v) is 11.3. The molecule has 7 heteroatoms. The summed E-state index contributed by atoms with van der Waals surface area (Å²) in [5.74, 6) is 1.65. The molecule has 2 rings (SSSR count). The van der Waals surface area contributed by atoms with E-state index in [1.807, 2.05) is 18.2 Å². The van der Waals surface area contributed by atoms with E-state index in [0.717, 1.165) is 5.56 Å². The van der Waals surface area contributed by atoms with Gasteiger partial charge in [-0.3, -0.25) is 4.79 Å². The lowest BCUT2D eigenvalue weighted by molar-refractivity contribution is 0.354. The molecule has 0 fully saturated rings. The average Bonchev–Trinajstić information content (AvgIpc) is 2.48. The van der Waals surface area contributed by atoms with Crippen molar-refractivity contribution in [1.29, 1.82) is 0 Å². The van der Waals surface area contributed by atoms with Crippen LogP contribution in [0.1, 0.15) is 5.56 Å². The standard InChI is InChI=1S/C13H16N4O3/c1-19-9-4-3-8(5-10(9)20-2)6-15-12-11(14)13(18)17-7-16-12/h3-5,7H,6,14H2,1-2H3,(H2,15,16,17,18). The first kappa shape index (κ1) is 13.7.